The summed E-state index contributed by atoms with van der Waals surface area (Å²) in [5.41, 5.74) is 3.36. The van der Waals surface area contributed by atoms with Crippen LogP contribution in [-0.4, -0.2) is 63.4 Å². The molecule has 1 amide bonds. The van der Waals surface area contributed by atoms with Crippen molar-refractivity contribution in [3.63, 3.8) is 0 Å². The van der Waals surface area contributed by atoms with Gasteiger partial charge in [-0.15, -0.1) is 0 Å². The first-order valence-corrected chi connectivity index (χ1v) is 12.6. The molecule has 1 saturated carbocycles. The van der Waals surface area contributed by atoms with Crippen LogP contribution in [0, 0.1) is 5.92 Å². The highest BCUT2D eigenvalue weighted by Gasteiger charge is 2.43. The van der Waals surface area contributed by atoms with Gasteiger partial charge in [-0.25, -0.2) is 9.59 Å². The number of aliphatic carboxylic acids is 1. The molecule has 2 fully saturated rings. The number of aromatic nitrogens is 2. The van der Waals surface area contributed by atoms with Crippen LogP contribution < -0.4 is 11.0 Å². The number of rotatable bonds is 6. The number of piperidine rings is 1. The summed E-state index contributed by atoms with van der Waals surface area (Å²) >= 11 is 0. The molecule has 204 valence electrons. The number of benzene rings is 2. The van der Waals surface area contributed by atoms with Gasteiger partial charge in [0.1, 0.15) is 0 Å². The maximum atomic E-state index is 12.8. The van der Waals surface area contributed by atoms with Gasteiger partial charge in [0.25, 0.3) is 0 Å². The number of carboxylic acids is 1. The van der Waals surface area contributed by atoms with Crippen molar-refractivity contribution in [1.29, 1.82) is 0 Å². The second-order valence-electron chi connectivity index (χ2n) is 9.73. The Bertz CT molecular complexity index is 1330. The zero-order chi connectivity index (χ0) is 27.4. The maximum absolute atomic E-state index is 12.8. The Balaban J connectivity index is 0.000000426. The second kappa shape index (κ2) is 11.4. The van der Waals surface area contributed by atoms with Gasteiger partial charge in [0, 0.05) is 45.2 Å². The van der Waals surface area contributed by atoms with Gasteiger partial charge in [-0.05, 0) is 42.9 Å². The van der Waals surface area contributed by atoms with Gasteiger partial charge in [-0.1, -0.05) is 42.5 Å². The molecule has 5 rings (SSSR count). The summed E-state index contributed by atoms with van der Waals surface area (Å²) < 4.78 is 35.5. The summed E-state index contributed by atoms with van der Waals surface area (Å²) in [4.78, 5) is 36.5. The fourth-order valence-corrected chi connectivity index (χ4v) is 5.09. The van der Waals surface area contributed by atoms with Crippen LogP contribution in [0.15, 0.2) is 59.4 Å². The average molecular weight is 533 g/mol. The van der Waals surface area contributed by atoms with Crippen LogP contribution in [0.2, 0.25) is 0 Å². The highest BCUT2D eigenvalue weighted by molar-refractivity contribution is 5.82. The van der Waals surface area contributed by atoms with E-state index in [0.29, 0.717) is 12.5 Å². The lowest BCUT2D eigenvalue weighted by molar-refractivity contribution is -0.192. The topological polar surface area (TPSA) is 96.6 Å². The molecule has 2 heterocycles. The molecule has 0 unspecified atom stereocenters. The quantitative estimate of drug-likeness (QED) is 0.507. The first-order valence-electron chi connectivity index (χ1n) is 12.6. The van der Waals surface area contributed by atoms with Gasteiger partial charge in [0.2, 0.25) is 5.91 Å². The second-order valence-corrected chi connectivity index (χ2v) is 9.73. The Morgan fingerprint density at radius 1 is 1.00 bits per heavy atom. The van der Waals surface area contributed by atoms with Crippen LogP contribution in [0.25, 0.3) is 11.0 Å². The lowest BCUT2D eigenvalue weighted by atomic mass is 10.0. The number of alkyl halides is 3. The molecule has 1 aromatic heterocycles. The van der Waals surface area contributed by atoms with Crippen molar-refractivity contribution >= 4 is 22.9 Å². The SMILES string of the molecule is Cn1c(=O)n(C2CCN(CCNC(=O)[C@H]3C[C@@H]3c3ccccc3)CC2)c2ccccc21.O=C(O)C(F)(F)F. The van der Waals surface area contributed by atoms with E-state index in [1.54, 1.807) is 4.57 Å². The summed E-state index contributed by atoms with van der Waals surface area (Å²) in [7, 11) is 1.85. The smallest absolute Gasteiger partial charge is 0.475 e. The van der Waals surface area contributed by atoms with Crippen LogP contribution in [0.1, 0.15) is 36.8 Å². The van der Waals surface area contributed by atoms with Gasteiger partial charge < -0.3 is 15.3 Å². The number of likely N-dealkylation sites (tertiary alicyclic amines) is 1. The molecule has 11 heteroatoms. The summed E-state index contributed by atoms with van der Waals surface area (Å²) in [5, 5.41) is 10.3. The van der Waals surface area contributed by atoms with Gasteiger partial charge in [0.15, 0.2) is 0 Å². The fourth-order valence-electron chi connectivity index (χ4n) is 5.09. The van der Waals surface area contributed by atoms with Crippen molar-refractivity contribution in [3.05, 3.63) is 70.6 Å². The minimum atomic E-state index is -5.08. The standard InChI is InChI=1S/C25H30N4O2.C2HF3O2/c1-27-22-9-5-6-10-23(22)29(25(27)31)19-11-14-28(15-12-19)16-13-26-24(30)21-17-20(21)18-7-3-2-4-8-18;3-2(4,5)1(6)7/h2-10,19-21H,11-17H2,1H3,(H,26,30);(H,6,7)/t20-,21+;/m1./s1. The summed E-state index contributed by atoms with van der Waals surface area (Å²) in [5.74, 6) is -2.05. The minimum absolute atomic E-state index is 0.0734. The molecule has 38 heavy (non-hydrogen) atoms. The number of hydrogen-bond donors (Lipinski definition) is 2. The summed E-state index contributed by atoms with van der Waals surface area (Å²) in [6, 6.07) is 18.6. The molecule has 0 spiro atoms. The number of carboxylic acid groups (broad SMARTS) is 1. The molecular formula is C27H31F3N4O4. The zero-order valence-electron chi connectivity index (χ0n) is 21.0. The molecule has 3 aromatic rings. The lowest BCUT2D eigenvalue weighted by Gasteiger charge is -2.32. The van der Waals surface area contributed by atoms with E-state index in [1.165, 1.54) is 5.56 Å². The molecule has 0 radical (unpaired) electrons. The zero-order valence-corrected chi connectivity index (χ0v) is 21.0. The Hall–Kier alpha value is -3.60. The maximum Gasteiger partial charge on any atom is 0.490 e. The van der Waals surface area contributed by atoms with E-state index in [2.05, 4.69) is 22.3 Å². The third kappa shape index (κ3) is 6.27. The molecule has 1 saturated heterocycles. The number of imidazole rings is 1. The van der Waals surface area contributed by atoms with Gasteiger partial charge in [0.05, 0.1) is 11.0 Å². The van der Waals surface area contributed by atoms with E-state index in [1.807, 2.05) is 54.1 Å². The number of carbonyl (C=O) groups excluding carboxylic acids is 1. The largest absolute Gasteiger partial charge is 0.490 e. The molecule has 1 aliphatic carbocycles. The molecular weight excluding hydrogens is 501 g/mol. The van der Waals surface area contributed by atoms with Crippen LogP contribution in [-0.2, 0) is 16.6 Å². The highest BCUT2D eigenvalue weighted by atomic mass is 19.4. The van der Waals surface area contributed by atoms with Crippen molar-refractivity contribution in [3.8, 4) is 0 Å². The molecule has 2 aromatic carbocycles. The molecule has 2 aliphatic rings. The van der Waals surface area contributed by atoms with Gasteiger partial charge >= 0.3 is 17.8 Å². The third-order valence-corrected chi connectivity index (χ3v) is 7.24. The Kier molecular flexibility index (Phi) is 8.25. The monoisotopic (exact) mass is 532 g/mol. The number of aryl methyl sites for hydroxylation is 1. The van der Waals surface area contributed by atoms with E-state index in [0.717, 1.165) is 49.9 Å². The third-order valence-electron chi connectivity index (χ3n) is 7.24. The number of halogens is 3. The molecule has 2 N–H and O–H groups in total. The number of hydrogen-bond acceptors (Lipinski definition) is 4. The van der Waals surface area contributed by atoms with Crippen LogP contribution in [0.5, 0.6) is 0 Å². The predicted octanol–water partition coefficient (Wildman–Crippen LogP) is 3.53. The van der Waals surface area contributed by atoms with E-state index < -0.39 is 12.1 Å². The first kappa shape index (κ1) is 27.4. The average Bonchev–Trinajstić information content (AvgIpc) is 3.67. The number of carbonyl (C=O) groups is 2. The number of nitrogens with zero attached hydrogens (tertiary/aromatic N) is 3. The summed E-state index contributed by atoms with van der Waals surface area (Å²) in [6.07, 6.45) is -2.21. The van der Waals surface area contributed by atoms with Crippen LogP contribution in [0.3, 0.4) is 0 Å². The molecule has 2 atom stereocenters. The van der Waals surface area contributed by atoms with Crippen molar-refractivity contribution in [1.82, 2.24) is 19.4 Å². The van der Waals surface area contributed by atoms with E-state index in [-0.39, 0.29) is 23.6 Å². The van der Waals surface area contributed by atoms with E-state index in [9.17, 15) is 22.8 Å². The molecule has 0 bridgehead atoms. The number of para-hydroxylation sites is 2. The minimum Gasteiger partial charge on any atom is -0.475 e. The van der Waals surface area contributed by atoms with Crippen LogP contribution >= 0.6 is 0 Å². The first-order chi connectivity index (χ1) is 18.1. The number of fused-ring (bicyclic) bond motifs is 1. The predicted molar refractivity (Wildman–Crippen MR) is 136 cm³/mol. The van der Waals surface area contributed by atoms with Crippen molar-refractivity contribution < 1.29 is 27.9 Å². The summed E-state index contributed by atoms with van der Waals surface area (Å²) in [6.45, 7) is 3.46. The van der Waals surface area contributed by atoms with Crippen molar-refractivity contribution in [2.45, 2.75) is 37.4 Å². The van der Waals surface area contributed by atoms with E-state index in [4.69, 9.17) is 9.90 Å². The Labute approximate surface area is 217 Å². The van der Waals surface area contributed by atoms with E-state index >= 15 is 0 Å². The highest BCUT2D eigenvalue weighted by Crippen LogP contribution is 2.47. The van der Waals surface area contributed by atoms with Crippen molar-refractivity contribution in [2.75, 3.05) is 26.2 Å². The fraction of sp³-hybridized carbons (Fsp3) is 0.444. The van der Waals surface area contributed by atoms with Gasteiger partial charge in [-0.3, -0.25) is 13.9 Å². The molecule has 1 aliphatic heterocycles. The van der Waals surface area contributed by atoms with Crippen LogP contribution in [0.4, 0.5) is 13.2 Å². The Morgan fingerprint density at radius 3 is 2.18 bits per heavy atom. The Morgan fingerprint density at radius 2 is 1.58 bits per heavy atom. The van der Waals surface area contributed by atoms with Gasteiger partial charge in [-0.2, -0.15) is 13.2 Å². The normalized spacial score (nSPS) is 20.0. The molecule has 8 nitrogen and oxygen atoms in total. The number of nitrogens with one attached hydrogen (secondary N) is 1. The van der Waals surface area contributed by atoms with Crippen molar-refractivity contribution in [2.24, 2.45) is 13.0 Å². The number of amides is 1. The lowest BCUT2D eigenvalue weighted by Crippen LogP contribution is -2.41.